The molecule has 2 heterocycles. The highest BCUT2D eigenvalue weighted by Crippen LogP contribution is 2.42. The Morgan fingerprint density at radius 3 is 2.44 bits per heavy atom. The number of amides is 1. The lowest BCUT2D eigenvalue weighted by atomic mass is 9.97. The second kappa shape index (κ2) is 9.61. The Kier molecular flexibility index (Phi) is 6.35. The van der Waals surface area contributed by atoms with Gasteiger partial charge in [-0.15, -0.1) is 0 Å². The van der Waals surface area contributed by atoms with E-state index < -0.39 is 23.2 Å². The third-order valence-corrected chi connectivity index (χ3v) is 6.81. The van der Waals surface area contributed by atoms with Crippen molar-refractivity contribution in [2.24, 2.45) is 0 Å². The van der Waals surface area contributed by atoms with Gasteiger partial charge in [0.2, 0.25) is 5.76 Å². The van der Waals surface area contributed by atoms with Crippen LogP contribution in [0.2, 0.25) is 0 Å². The van der Waals surface area contributed by atoms with Crippen molar-refractivity contribution in [3.05, 3.63) is 105 Å². The maximum atomic E-state index is 14.0. The largest absolute Gasteiger partial charge is 0.494 e. The molecule has 1 atom stereocenters. The van der Waals surface area contributed by atoms with Crippen molar-refractivity contribution in [3.63, 3.8) is 0 Å². The average molecular weight is 486 g/mol. The molecular formula is C30H28FNO4. The molecule has 1 aliphatic heterocycles. The zero-order valence-corrected chi connectivity index (χ0v) is 20.6. The van der Waals surface area contributed by atoms with Crippen LogP contribution in [0.5, 0.6) is 5.75 Å². The monoisotopic (exact) mass is 485 g/mol. The number of halogens is 1. The number of rotatable bonds is 7. The molecule has 0 saturated carbocycles. The second-order valence-corrected chi connectivity index (χ2v) is 9.29. The van der Waals surface area contributed by atoms with E-state index in [2.05, 4.69) is 6.92 Å². The summed E-state index contributed by atoms with van der Waals surface area (Å²) in [5.74, 6) is -0.223. The Balaban J connectivity index is 1.64. The molecule has 0 bridgehead atoms. The molecule has 1 aromatic heterocycles. The predicted molar refractivity (Wildman–Crippen MR) is 138 cm³/mol. The van der Waals surface area contributed by atoms with Crippen LogP contribution in [-0.2, 0) is 0 Å². The van der Waals surface area contributed by atoms with Crippen molar-refractivity contribution < 1.29 is 18.3 Å². The summed E-state index contributed by atoms with van der Waals surface area (Å²) in [6.07, 6.45) is 3.20. The van der Waals surface area contributed by atoms with Gasteiger partial charge in [-0.25, -0.2) is 4.39 Å². The third kappa shape index (κ3) is 4.17. The van der Waals surface area contributed by atoms with Crippen LogP contribution in [0.25, 0.3) is 11.0 Å². The van der Waals surface area contributed by atoms with Gasteiger partial charge in [0.25, 0.3) is 5.91 Å². The van der Waals surface area contributed by atoms with Crippen molar-refractivity contribution in [1.29, 1.82) is 0 Å². The Morgan fingerprint density at radius 2 is 1.72 bits per heavy atom. The lowest BCUT2D eigenvalue weighted by Gasteiger charge is -2.26. The number of unbranched alkanes of at least 4 members (excludes halogenated alkanes) is 2. The first kappa shape index (κ1) is 23.8. The molecule has 3 aromatic carbocycles. The van der Waals surface area contributed by atoms with Crippen molar-refractivity contribution >= 4 is 22.6 Å². The molecule has 0 saturated heterocycles. The first-order valence-corrected chi connectivity index (χ1v) is 12.3. The minimum atomic E-state index is -0.715. The van der Waals surface area contributed by atoms with Gasteiger partial charge in [0.05, 0.1) is 23.6 Å². The number of carbonyl (C=O) groups excluding carboxylic acids is 1. The van der Waals surface area contributed by atoms with E-state index in [4.69, 9.17) is 9.15 Å². The summed E-state index contributed by atoms with van der Waals surface area (Å²) in [5, 5.41) is 0.115. The van der Waals surface area contributed by atoms with E-state index in [1.807, 2.05) is 56.3 Å². The van der Waals surface area contributed by atoms with Crippen LogP contribution in [0, 0.1) is 19.7 Å². The van der Waals surface area contributed by atoms with Crippen LogP contribution < -0.4 is 15.1 Å². The SMILES string of the molecule is CCCCCOc1ccc(C2c3c(oc4ccc(F)cc4c3=O)C(=O)N2c2ccc(C)c(C)c2)cc1. The van der Waals surface area contributed by atoms with Crippen LogP contribution in [0.15, 0.2) is 69.9 Å². The maximum Gasteiger partial charge on any atom is 0.295 e. The number of hydrogen-bond donors (Lipinski definition) is 0. The topological polar surface area (TPSA) is 59.8 Å². The number of benzene rings is 3. The highest BCUT2D eigenvalue weighted by molar-refractivity contribution is 6.10. The molecule has 4 aromatic rings. The fourth-order valence-electron chi connectivity index (χ4n) is 4.69. The van der Waals surface area contributed by atoms with E-state index in [9.17, 15) is 14.0 Å². The highest BCUT2D eigenvalue weighted by atomic mass is 19.1. The van der Waals surface area contributed by atoms with Gasteiger partial charge in [0, 0.05) is 5.69 Å². The summed E-state index contributed by atoms with van der Waals surface area (Å²) in [4.78, 5) is 28.9. The molecule has 0 aliphatic carbocycles. The number of aryl methyl sites for hydroxylation is 2. The molecule has 1 aliphatic rings. The molecule has 0 radical (unpaired) electrons. The van der Waals surface area contributed by atoms with Gasteiger partial charge in [0.15, 0.2) is 5.43 Å². The lowest BCUT2D eigenvalue weighted by molar-refractivity contribution is 0.0971. The Hall–Kier alpha value is -3.93. The summed E-state index contributed by atoms with van der Waals surface area (Å²) in [5.41, 5.74) is 3.52. The van der Waals surface area contributed by atoms with Crippen molar-refractivity contribution in [2.45, 2.75) is 46.1 Å². The first-order chi connectivity index (χ1) is 17.4. The smallest absolute Gasteiger partial charge is 0.295 e. The zero-order chi connectivity index (χ0) is 25.4. The fourth-order valence-corrected chi connectivity index (χ4v) is 4.69. The Bertz CT molecular complexity index is 1510. The summed E-state index contributed by atoms with van der Waals surface area (Å²) >= 11 is 0. The fraction of sp³-hybridized carbons (Fsp3) is 0.267. The lowest BCUT2D eigenvalue weighted by Crippen LogP contribution is -2.29. The van der Waals surface area contributed by atoms with Crippen LogP contribution in [0.1, 0.15) is 65.0 Å². The van der Waals surface area contributed by atoms with Gasteiger partial charge in [-0.2, -0.15) is 0 Å². The van der Waals surface area contributed by atoms with Crippen LogP contribution >= 0.6 is 0 Å². The van der Waals surface area contributed by atoms with Crippen molar-refractivity contribution in [2.75, 3.05) is 11.5 Å². The second-order valence-electron chi connectivity index (χ2n) is 9.29. The third-order valence-electron chi connectivity index (χ3n) is 6.81. The normalized spacial score (nSPS) is 14.9. The molecule has 0 fully saturated rings. The van der Waals surface area contributed by atoms with Gasteiger partial charge in [-0.05, 0) is 79.4 Å². The van der Waals surface area contributed by atoms with Crippen LogP contribution in [0.3, 0.4) is 0 Å². The van der Waals surface area contributed by atoms with Gasteiger partial charge in [-0.1, -0.05) is 38.0 Å². The Labute approximate surface area is 209 Å². The number of hydrogen-bond acceptors (Lipinski definition) is 4. The molecular weight excluding hydrogens is 457 g/mol. The number of ether oxygens (including phenoxy) is 1. The molecule has 36 heavy (non-hydrogen) atoms. The van der Waals surface area contributed by atoms with Crippen molar-refractivity contribution in [1.82, 2.24) is 0 Å². The maximum absolute atomic E-state index is 14.0. The van der Waals surface area contributed by atoms with E-state index in [-0.39, 0.29) is 22.3 Å². The summed E-state index contributed by atoms with van der Waals surface area (Å²) < 4.78 is 25.8. The number of carbonyl (C=O) groups is 1. The van der Waals surface area contributed by atoms with E-state index in [1.165, 1.54) is 12.1 Å². The van der Waals surface area contributed by atoms with E-state index in [0.29, 0.717) is 12.3 Å². The molecule has 5 rings (SSSR count). The quantitative estimate of drug-likeness (QED) is 0.268. The first-order valence-electron chi connectivity index (χ1n) is 12.3. The van der Waals surface area contributed by atoms with Gasteiger partial charge < -0.3 is 9.15 Å². The highest BCUT2D eigenvalue weighted by Gasteiger charge is 2.43. The minimum absolute atomic E-state index is 0.0118. The predicted octanol–water partition coefficient (Wildman–Crippen LogP) is 6.87. The summed E-state index contributed by atoms with van der Waals surface area (Å²) in [6.45, 7) is 6.76. The van der Waals surface area contributed by atoms with Crippen LogP contribution in [-0.4, -0.2) is 12.5 Å². The van der Waals surface area contributed by atoms with E-state index in [1.54, 1.807) is 4.90 Å². The summed E-state index contributed by atoms with van der Waals surface area (Å²) in [7, 11) is 0. The minimum Gasteiger partial charge on any atom is -0.494 e. The van der Waals surface area contributed by atoms with Gasteiger partial charge in [0.1, 0.15) is 17.1 Å². The molecule has 184 valence electrons. The molecule has 5 nitrogen and oxygen atoms in total. The average Bonchev–Trinajstić information content (AvgIpc) is 3.17. The standard InChI is InChI=1S/C30H28FNO4/c1-4-5-6-15-35-23-12-8-20(9-13-23)27-26-28(33)24-17-21(31)10-14-25(24)36-29(26)30(34)32(27)22-11-7-18(2)19(3)16-22/h7-14,16-17,27H,4-6,15H2,1-3H3. The molecule has 1 amide bonds. The molecule has 1 unspecified atom stereocenters. The van der Waals surface area contributed by atoms with Gasteiger partial charge in [-0.3, -0.25) is 14.5 Å². The molecule has 0 N–H and O–H groups in total. The molecule has 0 spiro atoms. The number of nitrogens with zero attached hydrogens (tertiary/aromatic N) is 1. The number of fused-ring (bicyclic) bond motifs is 2. The Morgan fingerprint density at radius 1 is 0.944 bits per heavy atom. The van der Waals surface area contributed by atoms with Crippen LogP contribution in [0.4, 0.5) is 10.1 Å². The van der Waals surface area contributed by atoms with Gasteiger partial charge >= 0.3 is 0 Å². The summed E-state index contributed by atoms with van der Waals surface area (Å²) in [6, 6.07) is 16.2. The zero-order valence-electron chi connectivity index (χ0n) is 20.6. The van der Waals surface area contributed by atoms with E-state index in [0.717, 1.165) is 47.8 Å². The van der Waals surface area contributed by atoms with E-state index >= 15 is 0 Å². The van der Waals surface area contributed by atoms with Crippen molar-refractivity contribution in [3.8, 4) is 5.75 Å². The number of anilines is 1. The molecule has 6 heteroatoms.